The molecule has 7 nitrogen and oxygen atoms in total. The summed E-state index contributed by atoms with van der Waals surface area (Å²) in [5, 5.41) is 9.00. The van der Waals surface area contributed by atoms with Crippen LogP contribution < -0.4 is 0 Å². The zero-order chi connectivity index (χ0) is 16.4. The van der Waals surface area contributed by atoms with E-state index in [1.165, 1.54) is 12.5 Å². The second-order valence-corrected chi connectivity index (χ2v) is 5.31. The summed E-state index contributed by atoms with van der Waals surface area (Å²) in [6.07, 6.45) is 4.56. The molecule has 0 atom stereocenters. The van der Waals surface area contributed by atoms with Gasteiger partial charge < -0.3 is 5.11 Å². The monoisotopic (exact) mass is 309 g/mol. The molecule has 0 aliphatic heterocycles. The Kier molecular flexibility index (Phi) is 3.84. The first-order valence-electron chi connectivity index (χ1n) is 7.12. The Morgan fingerprint density at radius 2 is 2.00 bits per heavy atom. The van der Waals surface area contributed by atoms with Gasteiger partial charge in [0.1, 0.15) is 18.0 Å². The van der Waals surface area contributed by atoms with Crippen LogP contribution in [0.15, 0.2) is 43.0 Å². The van der Waals surface area contributed by atoms with Gasteiger partial charge in [-0.3, -0.25) is 9.55 Å². The van der Waals surface area contributed by atoms with Crippen molar-refractivity contribution in [2.75, 3.05) is 0 Å². The fourth-order valence-corrected chi connectivity index (χ4v) is 2.05. The molecule has 3 rings (SSSR count). The lowest BCUT2D eigenvalue weighted by Crippen LogP contribution is -2.05. The minimum Gasteiger partial charge on any atom is -0.476 e. The average molecular weight is 309 g/mol. The minimum absolute atomic E-state index is 0.0332. The third kappa shape index (κ3) is 3.08. The number of rotatable bonds is 4. The Hall–Kier alpha value is -3.09. The number of aromatic nitrogens is 5. The molecule has 23 heavy (non-hydrogen) atoms. The van der Waals surface area contributed by atoms with Crippen LogP contribution >= 0.6 is 0 Å². The summed E-state index contributed by atoms with van der Waals surface area (Å²) in [5.74, 6) is 0.268. The molecule has 3 heterocycles. The zero-order valence-corrected chi connectivity index (χ0v) is 12.7. The van der Waals surface area contributed by atoms with Gasteiger partial charge in [0.05, 0.1) is 11.4 Å². The maximum Gasteiger partial charge on any atom is 0.356 e. The highest BCUT2D eigenvalue weighted by atomic mass is 16.4. The highest BCUT2D eigenvalue weighted by Crippen LogP contribution is 2.20. The minimum atomic E-state index is -1.08. The van der Waals surface area contributed by atoms with Crippen molar-refractivity contribution in [3.63, 3.8) is 0 Å². The predicted molar refractivity (Wildman–Crippen MR) is 83.4 cm³/mol. The van der Waals surface area contributed by atoms with Crippen LogP contribution in [0.5, 0.6) is 0 Å². The van der Waals surface area contributed by atoms with E-state index in [1.54, 1.807) is 16.8 Å². The number of carboxylic acid groups (broad SMARTS) is 1. The van der Waals surface area contributed by atoms with Gasteiger partial charge in [-0.15, -0.1) is 0 Å². The van der Waals surface area contributed by atoms with Crippen molar-refractivity contribution in [2.24, 2.45) is 0 Å². The highest BCUT2D eigenvalue weighted by Gasteiger charge is 2.13. The first kappa shape index (κ1) is 14.8. The summed E-state index contributed by atoms with van der Waals surface area (Å²) in [4.78, 5) is 28.2. The quantitative estimate of drug-likeness (QED) is 0.796. The molecule has 0 spiro atoms. The van der Waals surface area contributed by atoms with Crippen molar-refractivity contribution in [3.05, 3.63) is 54.5 Å². The van der Waals surface area contributed by atoms with E-state index in [2.05, 4.69) is 19.9 Å². The summed E-state index contributed by atoms with van der Waals surface area (Å²) in [7, 11) is 0. The zero-order valence-electron chi connectivity index (χ0n) is 12.7. The van der Waals surface area contributed by atoms with Gasteiger partial charge in [-0.05, 0) is 12.1 Å². The molecule has 1 N–H and O–H groups in total. The fourth-order valence-electron chi connectivity index (χ4n) is 2.05. The molecule has 0 saturated carbocycles. The van der Waals surface area contributed by atoms with Crippen molar-refractivity contribution in [2.45, 2.75) is 19.8 Å². The number of hydrogen-bond acceptors (Lipinski definition) is 5. The molecule has 0 saturated heterocycles. The van der Waals surface area contributed by atoms with E-state index in [-0.39, 0.29) is 11.6 Å². The van der Waals surface area contributed by atoms with Gasteiger partial charge in [-0.2, -0.15) is 0 Å². The van der Waals surface area contributed by atoms with Crippen molar-refractivity contribution in [1.29, 1.82) is 0 Å². The second kappa shape index (κ2) is 5.96. The van der Waals surface area contributed by atoms with E-state index in [4.69, 9.17) is 5.11 Å². The number of imidazole rings is 1. The molecule has 0 fully saturated rings. The Bertz CT molecular complexity index is 843. The first-order valence-corrected chi connectivity index (χ1v) is 7.12. The maximum atomic E-state index is 11.0. The lowest BCUT2D eigenvalue weighted by atomic mass is 10.2. The summed E-state index contributed by atoms with van der Waals surface area (Å²) in [6, 6.07) is 7.36. The van der Waals surface area contributed by atoms with Crippen LogP contribution in [0.25, 0.3) is 17.2 Å². The largest absolute Gasteiger partial charge is 0.476 e. The molecular formula is C16H15N5O2. The van der Waals surface area contributed by atoms with E-state index >= 15 is 0 Å². The second-order valence-electron chi connectivity index (χ2n) is 5.31. The van der Waals surface area contributed by atoms with E-state index in [1.807, 2.05) is 32.0 Å². The van der Waals surface area contributed by atoms with Crippen LogP contribution in [-0.4, -0.2) is 35.6 Å². The fraction of sp³-hybridized carbons (Fsp3) is 0.188. The van der Waals surface area contributed by atoms with Gasteiger partial charge in [0, 0.05) is 24.4 Å². The van der Waals surface area contributed by atoms with Crippen molar-refractivity contribution in [1.82, 2.24) is 24.5 Å². The molecule has 3 aromatic rings. The molecule has 116 valence electrons. The standard InChI is InChI=1S/C16H15N5O2/c1-10(2)15-19-12(11-5-3-4-6-17-11)7-14(20-15)21-8-13(16(22)23)18-9-21/h3-10H,1-2H3,(H,22,23). The van der Waals surface area contributed by atoms with Gasteiger partial charge in [0.25, 0.3) is 0 Å². The summed E-state index contributed by atoms with van der Waals surface area (Å²) >= 11 is 0. The molecule has 0 aromatic carbocycles. The van der Waals surface area contributed by atoms with Gasteiger partial charge in [-0.1, -0.05) is 19.9 Å². The molecule has 0 bridgehead atoms. The first-order chi connectivity index (χ1) is 11.0. The van der Waals surface area contributed by atoms with Crippen molar-refractivity contribution >= 4 is 5.97 Å². The Balaban J connectivity index is 2.12. The molecule has 0 unspecified atom stereocenters. The molecule has 0 aliphatic carbocycles. The summed E-state index contributed by atoms with van der Waals surface area (Å²) in [5.41, 5.74) is 1.38. The van der Waals surface area contributed by atoms with Crippen LogP contribution in [0.3, 0.4) is 0 Å². The molecule has 3 aromatic heterocycles. The van der Waals surface area contributed by atoms with E-state index < -0.39 is 5.97 Å². The molecule has 0 radical (unpaired) electrons. The third-order valence-electron chi connectivity index (χ3n) is 3.24. The van der Waals surface area contributed by atoms with E-state index in [9.17, 15) is 4.79 Å². The number of hydrogen-bond donors (Lipinski definition) is 1. The van der Waals surface area contributed by atoms with E-state index in [0.29, 0.717) is 17.3 Å². The Morgan fingerprint density at radius 1 is 1.17 bits per heavy atom. The SMILES string of the molecule is CC(C)c1nc(-c2ccccn2)cc(-n2cnc(C(=O)O)c2)n1. The van der Waals surface area contributed by atoms with Crippen LogP contribution in [0.4, 0.5) is 0 Å². The van der Waals surface area contributed by atoms with Gasteiger partial charge in [0.15, 0.2) is 5.69 Å². The number of aromatic carboxylic acids is 1. The molecule has 7 heteroatoms. The number of carboxylic acids is 1. The van der Waals surface area contributed by atoms with Gasteiger partial charge in [0.2, 0.25) is 0 Å². The maximum absolute atomic E-state index is 11.0. The van der Waals surface area contributed by atoms with Crippen LogP contribution in [0.1, 0.15) is 36.1 Å². The van der Waals surface area contributed by atoms with Gasteiger partial charge in [-0.25, -0.2) is 19.7 Å². The Morgan fingerprint density at radius 3 is 2.61 bits per heavy atom. The van der Waals surface area contributed by atoms with Crippen LogP contribution in [-0.2, 0) is 0 Å². The third-order valence-corrected chi connectivity index (χ3v) is 3.24. The normalized spacial score (nSPS) is 10.9. The molecular weight excluding hydrogens is 294 g/mol. The summed E-state index contributed by atoms with van der Waals surface area (Å²) in [6.45, 7) is 4.00. The van der Waals surface area contributed by atoms with E-state index in [0.717, 1.165) is 5.69 Å². The topological polar surface area (TPSA) is 93.8 Å². The summed E-state index contributed by atoms with van der Waals surface area (Å²) < 4.78 is 1.57. The van der Waals surface area contributed by atoms with Crippen molar-refractivity contribution in [3.8, 4) is 17.2 Å². The predicted octanol–water partition coefficient (Wildman–Crippen LogP) is 2.55. The smallest absolute Gasteiger partial charge is 0.356 e. The number of pyridine rings is 1. The number of nitrogens with zero attached hydrogens (tertiary/aromatic N) is 5. The molecule has 0 amide bonds. The average Bonchev–Trinajstić information content (AvgIpc) is 3.05. The Labute approximate surface area is 132 Å². The molecule has 0 aliphatic rings. The highest BCUT2D eigenvalue weighted by molar-refractivity contribution is 5.85. The van der Waals surface area contributed by atoms with Crippen molar-refractivity contribution < 1.29 is 9.90 Å². The van der Waals surface area contributed by atoms with Gasteiger partial charge >= 0.3 is 5.97 Å². The lowest BCUT2D eigenvalue weighted by molar-refractivity contribution is 0.0691. The number of carbonyl (C=O) groups is 1. The van der Waals surface area contributed by atoms with Crippen LogP contribution in [0.2, 0.25) is 0 Å². The lowest BCUT2D eigenvalue weighted by Gasteiger charge is -2.10. The van der Waals surface area contributed by atoms with Crippen LogP contribution in [0, 0.1) is 0 Å².